The fourth-order valence-corrected chi connectivity index (χ4v) is 1.61. The highest BCUT2D eigenvalue weighted by molar-refractivity contribution is 7.16. The van der Waals surface area contributed by atoms with E-state index in [0.29, 0.717) is 0 Å². The summed E-state index contributed by atoms with van der Waals surface area (Å²) in [4.78, 5) is 1.21. The number of rotatable bonds is 1. The van der Waals surface area contributed by atoms with Gasteiger partial charge in [0.15, 0.2) is 0 Å². The van der Waals surface area contributed by atoms with E-state index in [9.17, 15) is 0 Å². The predicted octanol–water partition coefficient (Wildman–Crippen LogP) is 3.43. The molecule has 48 valence electrons. The third-order valence-corrected chi connectivity index (χ3v) is 2.12. The number of thiophene rings is 1. The van der Waals surface area contributed by atoms with Crippen molar-refractivity contribution in [3.8, 4) is 0 Å². The van der Waals surface area contributed by atoms with Gasteiger partial charge in [0.1, 0.15) is 0 Å². The summed E-state index contributed by atoms with van der Waals surface area (Å²) in [7, 11) is 0. The van der Waals surface area contributed by atoms with Crippen LogP contribution in [0, 0.1) is 0 Å². The van der Waals surface area contributed by atoms with Gasteiger partial charge in [0, 0.05) is 4.88 Å². The number of hydrogen-bond donors (Lipinski definition) is 0. The van der Waals surface area contributed by atoms with Crippen molar-refractivity contribution < 1.29 is 0 Å². The third-order valence-electron chi connectivity index (χ3n) is 0.925. The second-order valence-corrected chi connectivity index (χ2v) is 3.39. The number of halogens is 1. The largest absolute Gasteiger partial charge is 0.124 e. The second-order valence-electron chi connectivity index (χ2n) is 1.64. The van der Waals surface area contributed by atoms with Crippen molar-refractivity contribution in [1.29, 1.82) is 0 Å². The van der Waals surface area contributed by atoms with Crippen LogP contribution in [0.15, 0.2) is 18.2 Å². The normalized spacial score (nSPS) is 10.9. The molecule has 0 aliphatic carbocycles. The van der Waals surface area contributed by atoms with Crippen molar-refractivity contribution in [3.63, 3.8) is 0 Å². The average Bonchev–Trinajstić information content (AvgIpc) is 2.17. The van der Waals surface area contributed by atoms with Crippen LogP contribution >= 0.6 is 22.9 Å². The van der Waals surface area contributed by atoms with Crippen molar-refractivity contribution >= 4 is 29.0 Å². The average molecular weight is 159 g/mol. The van der Waals surface area contributed by atoms with Gasteiger partial charge in [0.2, 0.25) is 0 Å². The molecule has 0 N–H and O–H groups in total. The van der Waals surface area contributed by atoms with Gasteiger partial charge in [-0.2, -0.15) is 0 Å². The Morgan fingerprint density at radius 3 is 2.78 bits per heavy atom. The molecule has 0 saturated carbocycles. The standard InChI is InChI=1S/C7H7ClS/c1-2-3-6-4-5-7(8)9-6/h2-5H,1H3. The Hall–Kier alpha value is -0.270. The highest BCUT2D eigenvalue weighted by atomic mass is 35.5. The van der Waals surface area contributed by atoms with Crippen molar-refractivity contribution in [2.24, 2.45) is 0 Å². The quantitative estimate of drug-likeness (QED) is 0.588. The van der Waals surface area contributed by atoms with Crippen molar-refractivity contribution in [2.45, 2.75) is 6.92 Å². The molecule has 0 bridgehead atoms. The predicted molar refractivity (Wildman–Crippen MR) is 44.0 cm³/mol. The van der Waals surface area contributed by atoms with Crippen molar-refractivity contribution in [2.75, 3.05) is 0 Å². The van der Waals surface area contributed by atoms with E-state index in [4.69, 9.17) is 11.6 Å². The van der Waals surface area contributed by atoms with E-state index < -0.39 is 0 Å². The van der Waals surface area contributed by atoms with Gasteiger partial charge < -0.3 is 0 Å². The molecule has 1 rings (SSSR count). The minimum atomic E-state index is 0.850. The zero-order chi connectivity index (χ0) is 6.69. The molecule has 0 unspecified atom stereocenters. The molecule has 0 spiro atoms. The molecule has 0 radical (unpaired) electrons. The first-order chi connectivity index (χ1) is 4.33. The second kappa shape index (κ2) is 3.04. The first-order valence-electron chi connectivity index (χ1n) is 2.71. The molecule has 0 fully saturated rings. The van der Waals surface area contributed by atoms with Crippen molar-refractivity contribution in [1.82, 2.24) is 0 Å². The fourth-order valence-electron chi connectivity index (χ4n) is 0.582. The molecule has 0 amide bonds. The summed E-state index contributed by atoms with van der Waals surface area (Å²) in [5, 5.41) is 0. The van der Waals surface area contributed by atoms with Crippen molar-refractivity contribution in [3.05, 3.63) is 27.4 Å². The molecule has 1 heterocycles. The lowest BCUT2D eigenvalue weighted by molar-refractivity contribution is 1.79. The van der Waals surface area contributed by atoms with Gasteiger partial charge in [0.05, 0.1) is 4.34 Å². The highest BCUT2D eigenvalue weighted by Gasteiger charge is 1.90. The Kier molecular flexibility index (Phi) is 2.31. The third kappa shape index (κ3) is 1.84. The van der Waals surface area contributed by atoms with Gasteiger partial charge >= 0.3 is 0 Å². The molecule has 1 aromatic rings. The summed E-state index contributed by atoms with van der Waals surface area (Å²) in [6.07, 6.45) is 4.04. The Bertz CT molecular complexity index is 212. The van der Waals surface area contributed by atoms with Crippen LogP contribution < -0.4 is 0 Å². The SMILES string of the molecule is CC=Cc1ccc(Cl)s1. The molecule has 0 saturated heterocycles. The number of hydrogen-bond acceptors (Lipinski definition) is 1. The van der Waals surface area contributed by atoms with E-state index in [1.807, 2.05) is 31.2 Å². The van der Waals surface area contributed by atoms with E-state index in [0.717, 1.165) is 4.34 Å². The Morgan fingerprint density at radius 2 is 2.33 bits per heavy atom. The minimum Gasteiger partial charge on any atom is -0.124 e. The molecule has 0 atom stereocenters. The van der Waals surface area contributed by atoms with Crippen LogP contribution in [-0.4, -0.2) is 0 Å². The summed E-state index contributed by atoms with van der Waals surface area (Å²) in [6.45, 7) is 1.99. The van der Waals surface area contributed by atoms with Crippen LogP contribution in [-0.2, 0) is 0 Å². The summed E-state index contributed by atoms with van der Waals surface area (Å²) < 4.78 is 0.850. The van der Waals surface area contributed by atoms with Crippen LogP contribution in [0.25, 0.3) is 6.08 Å². The van der Waals surface area contributed by atoms with E-state index >= 15 is 0 Å². The summed E-state index contributed by atoms with van der Waals surface area (Å²) in [6, 6.07) is 3.91. The van der Waals surface area contributed by atoms with Gasteiger partial charge in [-0.25, -0.2) is 0 Å². The molecular weight excluding hydrogens is 152 g/mol. The fraction of sp³-hybridized carbons (Fsp3) is 0.143. The monoisotopic (exact) mass is 158 g/mol. The van der Waals surface area contributed by atoms with Gasteiger partial charge in [-0.1, -0.05) is 17.7 Å². The topological polar surface area (TPSA) is 0 Å². The summed E-state index contributed by atoms with van der Waals surface area (Å²) in [5.41, 5.74) is 0. The Labute approximate surface area is 63.8 Å². The first kappa shape index (κ1) is 6.84. The molecule has 0 nitrogen and oxygen atoms in total. The van der Waals surface area contributed by atoms with Gasteiger partial charge in [-0.05, 0) is 25.1 Å². The first-order valence-corrected chi connectivity index (χ1v) is 3.90. The minimum absolute atomic E-state index is 0.850. The molecule has 0 aliphatic rings. The Balaban J connectivity index is 2.85. The van der Waals surface area contributed by atoms with Gasteiger partial charge in [0.25, 0.3) is 0 Å². The number of allylic oxidation sites excluding steroid dienone is 1. The maximum Gasteiger partial charge on any atom is 0.0934 e. The zero-order valence-electron chi connectivity index (χ0n) is 5.10. The lowest BCUT2D eigenvalue weighted by Gasteiger charge is -1.76. The smallest absolute Gasteiger partial charge is 0.0934 e. The van der Waals surface area contributed by atoms with Crippen LogP contribution in [0.5, 0.6) is 0 Å². The molecule has 0 aromatic carbocycles. The lowest BCUT2D eigenvalue weighted by atomic mass is 10.4. The van der Waals surface area contributed by atoms with Crippen LogP contribution in [0.3, 0.4) is 0 Å². The van der Waals surface area contributed by atoms with E-state index in [2.05, 4.69) is 0 Å². The van der Waals surface area contributed by atoms with Gasteiger partial charge in [-0.3, -0.25) is 0 Å². The lowest BCUT2D eigenvalue weighted by Crippen LogP contribution is -1.50. The van der Waals surface area contributed by atoms with E-state index in [1.54, 1.807) is 11.3 Å². The highest BCUT2D eigenvalue weighted by Crippen LogP contribution is 2.21. The maximum atomic E-state index is 5.68. The molecule has 2 heteroatoms. The van der Waals surface area contributed by atoms with E-state index in [1.165, 1.54) is 4.88 Å². The molecular formula is C7H7ClS. The summed E-state index contributed by atoms with van der Waals surface area (Å²) in [5.74, 6) is 0. The van der Waals surface area contributed by atoms with Crippen LogP contribution in [0.4, 0.5) is 0 Å². The maximum absolute atomic E-state index is 5.68. The van der Waals surface area contributed by atoms with Crippen LogP contribution in [0.1, 0.15) is 11.8 Å². The zero-order valence-corrected chi connectivity index (χ0v) is 6.67. The van der Waals surface area contributed by atoms with E-state index in [-0.39, 0.29) is 0 Å². The molecule has 0 aliphatic heterocycles. The van der Waals surface area contributed by atoms with Gasteiger partial charge in [-0.15, -0.1) is 11.3 Å². The Morgan fingerprint density at radius 1 is 1.56 bits per heavy atom. The van der Waals surface area contributed by atoms with Crippen LogP contribution in [0.2, 0.25) is 4.34 Å². The molecule has 9 heavy (non-hydrogen) atoms. The molecule has 1 aromatic heterocycles. The summed E-state index contributed by atoms with van der Waals surface area (Å²) >= 11 is 7.27.